The van der Waals surface area contributed by atoms with Crippen LogP contribution in [0.3, 0.4) is 0 Å². The number of nitrogens with zero attached hydrogens (tertiary/aromatic N) is 3. The lowest BCUT2D eigenvalue weighted by Gasteiger charge is -2.11. The van der Waals surface area contributed by atoms with Crippen LogP contribution in [0, 0.1) is 0 Å². The van der Waals surface area contributed by atoms with E-state index in [2.05, 4.69) is 10.3 Å². The Labute approximate surface area is 217 Å². The van der Waals surface area contributed by atoms with Crippen molar-refractivity contribution in [3.63, 3.8) is 0 Å². The van der Waals surface area contributed by atoms with E-state index in [0.29, 0.717) is 28.6 Å². The normalized spacial score (nSPS) is 11.1. The molecule has 37 heavy (non-hydrogen) atoms. The van der Waals surface area contributed by atoms with Crippen molar-refractivity contribution in [1.29, 1.82) is 0 Å². The summed E-state index contributed by atoms with van der Waals surface area (Å²) in [7, 11) is 0. The minimum atomic E-state index is -0.255. The lowest BCUT2D eigenvalue weighted by molar-refractivity contribution is 0.102. The largest absolute Gasteiger partial charge is 0.492 e. The fourth-order valence-electron chi connectivity index (χ4n) is 4.21. The van der Waals surface area contributed by atoms with Crippen LogP contribution in [0.4, 0.5) is 5.13 Å². The van der Waals surface area contributed by atoms with Gasteiger partial charge in [-0.3, -0.25) is 10.1 Å². The van der Waals surface area contributed by atoms with E-state index < -0.39 is 0 Å². The van der Waals surface area contributed by atoms with Gasteiger partial charge in [0.25, 0.3) is 5.91 Å². The van der Waals surface area contributed by atoms with Crippen LogP contribution in [0.2, 0.25) is 0 Å². The Bertz CT molecular complexity index is 1730. The van der Waals surface area contributed by atoms with Crippen LogP contribution in [0.1, 0.15) is 17.3 Å². The van der Waals surface area contributed by atoms with Crippen molar-refractivity contribution >= 4 is 43.6 Å². The van der Waals surface area contributed by atoms with E-state index in [1.807, 2.05) is 91.9 Å². The van der Waals surface area contributed by atoms with Crippen molar-refractivity contribution < 1.29 is 9.53 Å². The molecule has 0 saturated heterocycles. The van der Waals surface area contributed by atoms with E-state index in [9.17, 15) is 4.79 Å². The highest BCUT2D eigenvalue weighted by Crippen LogP contribution is 2.33. The lowest BCUT2D eigenvalue weighted by Crippen LogP contribution is -2.11. The molecule has 0 aliphatic rings. The van der Waals surface area contributed by atoms with E-state index in [1.54, 1.807) is 12.1 Å². The zero-order chi connectivity index (χ0) is 25.2. The summed E-state index contributed by atoms with van der Waals surface area (Å²) in [5.74, 6) is 0.453. The summed E-state index contributed by atoms with van der Waals surface area (Å²) in [6.45, 7) is 2.48. The van der Waals surface area contributed by atoms with Crippen LogP contribution in [-0.4, -0.2) is 27.5 Å². The van der Waals surface area contributed by atoms with Crippen LogP contribution < -0.4 is 10.1 Å². The summed E-state index contributed by atoms with van der Waals surface area (Å²) in [6, 6.07) is 31.1. The highest BCUT2D eigenvalue weighted by molar-refractivity contribution is 7.22. The second kappa shape index (κ2) is 9.79. The monoisotopic (exact) mass is 502 g/mol. The van der Waals surface area contributed by atoms with Gasteiger partial charge in [-0.25, -0.2) is 15.0 Å². The average molecular weight is 503 g/mol. The molecule has 0 aliphatic carbocycles. The van der Waals surface area contributed by atoms with Crippen molar-refractivity contribution in [3.8, 4) is 28.3 Å². The molecule has 4 aromatic carbocycles. The number of nitrogens with one attached hydrogen (secondary N) is 1. The molecule has 0 unspecified atom stereocenters. The number of hydrogen-bond acceptors (Lipinski definition) is 6. The lowest BCUT2D eigenvalue weighted by atomic mass is 10.0. The second-order valence-corrected chi connectivity index (χ2v) is 9.40. The molecule has 0 bridgehead atoms. The first-order valence-corrected chi connectivity index (χ1v) is 12.8. The van der Waals surface area contributed by atoms with E-state index in [0.717, 1.165) is 38.2 Å². The summed E-state index contributed by atoms with van der Waals surface area (Å²) >= 11 is 1.41. The molecule has 1 amide bonds. The van der Waals surface area contributed by atoms with Crippen LogP contribution in [0.5, 0.6) is 5.75 Å². The molecule has 2 aromatic heterocycles. The zero-order valence-corrected chi connectivity index (χ0v) is 20.8. The molecule has 6 rings (SSSR count). The number of aromatic nitrogens is 3. The fraction of sp³-hybridized carbons (Fsp3) is 0.0667. The van der Waals surface area contributed by atoms with Gasteiger partial charge in [-0.1, -0.05) is 78.1 Å². The van der Waals surface area contributed by atoms with Gasteiger partial charge in [-0.15, -0.1) is 0 Å². The van der Waals surface area contributed by atoms with E-state index in [1.165, 1.54) is 11.3 Å². The minimum Gasteiger partial charge on any atom is -0.492 e. The summed E-state index contributed by atoms with van der Waals surface area (Å²) in [4.78, 5) is 27.7. The van der Waals surface area contributed by atoms with Crippen LogP contribution in [0.15, 0.2) is 97.1 Å². The van der Waals surface area contributed by atoms with E-state index >= 15 is 0 Å². The van der Waals surface area contributed by atoms with Crippen molar-refractivity contribution in [2.45, 2.75) is 6.92 Å². The summed E-state index contributed by atoms with van der Waals surface area (Å²) in [5.41, 5.74) is 6.12. The number of carbonyl (C=O) groups excluding carboxylic acids is 1. The smallest absolute Gasteiger partial charge is 0.257 e. The van der Waals surface area contributed by atoms with E-state index in [-0.39, 0.29) is 5.91 Å². The van der Waals surface area contributed by atoms with Gasteiger partial charge in [0.05, 0.1) is 33.7 Å². The molecule has 0 aliphatic heterocycles. The van der Waals surface area contributed by atoms with Crippen molar-refractivity contribution in [3.05, 3.63) is 103 Å². The molecular formula is C30H22N4O2S. The summed E-state index contributed by atoms with van der Waals surface area (Å²) in [6.07, 6.45) is 0. The number of amides is 1. The highest BCUT2D eigenvalue weighted by Gasteiger charge is 2.16. The van der Waals surface area contributed by atoms with Crippen molar-refractivity contribution in [2.75, 3.05) is 11.9 Å². The van der Waals surface area contributed by atoms with Crippen LogP contribution >= 0.6 is 11.3 Å². The predicted octanol–water partition coefficient (Wildman–Crippen LogP) is 7.22. The van der Waals surface area contributed by atoms with Gasteiger partial charge in [-0.2, -0.15) is 0 Å². The molecule has 180 valence electrons. The third-order valence-electron chi connectivity index (χ3n) is 5.92. The first-order valence-electron chi connectivity index (χ1n) is 12.0. The third kappa shape index (κ3) is 4.52. The minimum absolute atomic E-state index is 0.255. The van der Waals surface area contributed by atoms with Crippen molar-refractivity contribution in [2.24, 2.45) is 0 Å². The molecule has 6 nitrogen and oxygen atoms in total. The quantitative estimate of drug-likeness (QED) is 0.260. The maximum absolute atomic E-state index is 13.2. The van der Waals surface area contributed by atoms with Gasteiger partial charge in [0.1, 0.15) is 11.3 Å². The van der Waals surface area contributed by atoms with Crippen LogP contribution in [0.25, 0.3) is 43.8 Å². The van der Waals surface area contributed by atoms with Gasteiger partial charge in [0.2, 0.25) is 0 Å². The molecule has 1 N–H and O–H groups in total. The maximum Gasteiger partial charge on any atom is 0.257 e. The standard InChI is InChI=1S/C30H22N4O2S/c1-2-36-24-14-9-15-25-28(24)33-30(37-25)34-29(35)21-16-17-22-23(18-21)32-27(20-12-7-4-8-13-20)26(31-22)19-10-5-3-6-11-19/h3-18H,2H2,1H3,(H,33,34,35). The number of thiazole rings is 1. The number of fused-ring (bicyclic) bond motifs is 2. The van der Waals surface area contributed by atoms with E-state index in [4.69, 9.17) is 14.7 Å². The first kappa shape index (κ1) is 22.8. The van der Waals surface area contributed by atoms with Gasteiger partial charge in [-0.05, 0) is 37.3 Å². The van der Waals surface area contributed by atoms with Gasteiger partial charge in [0, 0.05) is 16.7 Å². The second-order valence-electron chi connectivity index (χ2n) is 8.37. The topological polar surface area (TPSA) is 77.0 Å². The van der Waals surface area contributed by atoms with Gasteiger partial charge < -0.3 is 4.74 Å². The Morgan fingerprint density at radius 2 is 1.46 bits per heavy atom. The Hall–Kier alpha value is -4.62. The Morgan fingerprint density at radius 3 is 2.14 bits per heavy atom. The number of rotatable bonds is 6. The Kier molecular flexibility index (Phi) is 6.04. The number of carbonyl (C=O) groups is 1. The molecule has 0 atom stereocenters. The third-order valence-corrected chi connectivity index (χ3v) is 6.86. The SMILES string of the molecule is CCOc1cccc2sc(NC(=O)c3ccc4nc(-c5ccccc5)c(-c5ccccc5)nc4c3)nc12. The van der Waals surface area contributed by atoms with Crippen molar-refractivity contribution in [1.82, 2.24) is 15.0 Å². The molecule has 6 aromatic rings. The molecule has 0 saturated carbocycles. The molecular weight excluding hydrogens is 480 g/mol. The first-order chi connectivity index (χ1) is 18.2. The maximum atomic E-state index is 13.2. The fourth-order valence-corrected chi connectivity index (χ4v) is 5.09. The summed E-state index contributed by atoms with van der Waals surface area (Å²) in [5, 5.41) is 3.45. The molecule has 2 heterocycles. The number of ether oxygens (including phenoxy) is 1. The van der Waals surface area contributed by atoms with Gasteiger partial charge in [0.15, 0.2) is 5.13 Å². The number of anilines is 1. The highest BCUT2D eigenvalue weighted by atomic mass is 32.1. The average Bonchev–Trinajstić information content (AvgIpc) is 3.36. The van der Waals surface area contributed by atoms with Crippen LogP contribution in [-0.2, 0) is 0 Å². The molecule has 7 heteroatoms. The Balaban J connectivity index is 1.38. The molecule has 0 fully saturated rings. The molecule has 0 radical (unpaired) electrons. The number of benzene rings is 4. The predicted molar refractivity (Wildman–Crippen MR) is 149 cm³/mol. The number of hydrogen-bond donors (Lipinski definition) is 1. The molecule has 0 spiro atoms. The van der Waals surface area contributed by atoms with Gasteiger partial charge >= 0.3 is 0 Å². The Morgan fingerprint density at radius 1 is 0.784 bits per heavy atom. The zero-order valence-electron chi connectivity index (χ0n) is 20.0. The summed E-state index contributed by atoms with van der Waals surface area (Å²) < 4.78 is 6.63. The number of para-hydroxylation sites is 1.